The Morgan fingerprint density at radius 1 is 1.11 bits per heavy atom. The standard InChI is InChI=1S/C23H25N3O2/c1-17-2-8-21(9-3-17)28-16-18-4-6-20(7-5-18)23(27)26-14-10-19(11-15-26)22-24-12-13-25-22/h2-9,12-13,19H,10-11,14-16H2,1H3,(H,24,25). The van der Waals surface area contributed by atoms with Crippen molar-refractivity contribution in [2.24, 2.45) is 0 Å². The highest BCUT2D eigenvalue weighted by molar-refractivity contribution is 5.94. The summed E-state index contributed by atoms with van der Waals surface area (Å²) < 4.78 is 5.81. The van der Waals surface area contributed by atoms with Crippen molar-refractivity contribution in [2.45, 2.75) is 32.3 Å². The normalized spacial score (nSPS) is 14.8. The van der Waals surface area contributed by atoms with Gasteiger partial charge in [-0.15, -0.1) is 0 Å². The van der Waals surface area contributed by atoms with Crippen LogP contribution in [-0.2, 0) is 6.61 Å². The maximum Gasteiger partial charge on any atom is 0.253 e. The fraction of sp³-hybridized carbons (Fsp3) is 0.304. The van der Waals surface area contributed by atoms with Gasteiger partial charge < -0.3 is 14.6 Å². The van der Waals surface area contributed by atoms with Crippen molar-refractivity contribution in [2.75, 3.05) is 13.1 Å². The lowest BCUT2D eigenvalue weighted by atomic mass is 9.95. The van der Waals surface area contributed by atoms with Crippen molar-refractivity contribution >= 4 is 5.91 Å². The van der Waals surface area contributed by atoms with Crippen LogP contribution < -0.4 is 4.74 Å². The molecular weight excluding hydrogens is 350 g/mol. The van der Waals surface area contributed by atoms with Crippen LogP contribution in [0, 0.1) is 6.92 Å². The highest BCUT2D eigenvalue weighted by atomic mass is 16.5. The minimum atomic E-state index is 0.101. The van der Waals surface area contributed by atoms with Crippen molar-refractivity contribution in [1.82, 2.24) is 14.9 Å². The Hall–Kier alpha value is -3.08. The number of carbonyl (C=O) groups is 1. The lowest BCUT2D eigenvalue weighted by Gasteiger charge is -2.31. The third-order valence-corrected chi connectivity index (χ3v) is 5.32. The second-order valence-corrected chi connectivity index (χ2v) is 7.34. The number of likely N-dealkylation sites (tertiary alicyclic amines) is 1. The van der Waals surface area contributed by atoms with E-state index >= 15 is 0 Å². The molecule has 1 fully saturated rings. The minimum absolute atomic E-state index is 0.101. The molecule has 3 aromatic rings. The molecule has 0 unspecified atom stereocenters. The molecule has 144 valence electrons. The molecule has 1 aliphatic rings. The van der Waals surface area contributed by atoms with Crippen molar-refractivity contribution in [3.8, 4) is 5.75 Å². The summed E-state index contributed by atoms with van der Waals surface area (Å²) in [6, 6.07) is 15.7. The van der Waals surface area contributed by atoms with Gasteiger partial charge in [-0.1, -0.05) is 29.8 Å². The summed E-state index contributed by atoms with van der Waals surface area (Å²) in [5.74, 6) is 2.40. The van der Waals surface area contributed by atoms with Crippen molar-refractivity contribution in [3.63, 3.8) is 0 Å². The molecule has 2 aromatic carbocycles. The van der Waals surface area contributed by atoms with Gasteiger partial charge in [0.2, 0.25) is 0 Å². The van der Waals surface area contributed by atoms with Gasteiger partial charge in [-0.3, -0.25) is 4.79 Å². The zero-order chi connectivity index (χ0) is 19.3. The Bertz CT molecular complexity index is 894. The number of nitrogens with zero attached hydrogens (tertiary/aromatic N) is 2. The molecule has 1 aromatic heterocycles. The average molecular weight is 375 g/mol. The van der Waals surface area contributed by atoms with E-state index < -0.39 is 0 Å². The fourth-order valence-corrected chi connectivity index (χ4v) is 3.58. The van der Waals surface area contributed by atoms with E-state index in [4.69, 9.17) is 4.74 Å². The van der Waals surface area contributed by atoms with E-state index in [-0.39, 0.29) is 5.91 Å². The van der Waals surface area contributed by atoms with Crippen LogP contribution >= 0.6 is 0 Å². The highest BCUT2D eigenvalue weighted by Crippen LogP contribution is 2.26. The molecule has 1 N–H and O–H groups in total. The van der Waals surface area contributed by atoms with Gasteiger partial charge in [-0.05, 0) is 49.6 Å². The number of piperidine rings is 1. The van der Waals surface area contributed by atoms with Crippen LogP contribution in [0.1, 0.15) is 46.1 Å². The molecular formula is C23H25N3O2. The number of hydrogen-bond donors (Lipinski definition) is 1. The third kappa shape index (κ3) is 4.25. The number of H-pyrrole nitrogens is 1. The van der Waals surface area contributed by atoms with Crippen LogP contribution in [0.25, 0.3) is 0 Å². The second-order valence-electron chi connectivity index (χ2n) is 7.34. The van der Waals surface area contributed by atoms with Gasteiger partial charge in [0.15, 0.2) is 0 Å². The van der Waals surface area contributed by atoms with E-state index in [0.29, 0.717) is 12.5 Å². The molecule has 0 atom stereocenters. The van der Waals surface area contributed by atoms with Crippen LogP contribution in [0.5, 0.6) is 5.75 Å². The Morgan fingerprint density at radius 2 is 1.82 bits per heavy atom. The maximum absolute atomic E-state index is 12.8. The van der Waals surface area contributed by atoms with E-state index in [2.05, 4.69) is 16.9 Å². The van der Waals surface area contributed by atoms with E-state index in [1.54, 1.807) is 6.20 Å². The number of nitrogens with one attached hydrogen (secondary N) is 1. The molecule has 0 aliphatic carbocycles. The van der Waals surface area contributed by atoms with Crippen LogP contribution in [0.3, 0.4) is 0 Å². The Balaban J connectivity index is 1.31. The first-order valence-corrected chi connectivity index (χ1v) is 9.76. The largest absolute Gasteiger partial charge is 0.489 e. The summed E-state index contributed by atoms with van der Waals surface area (Å²) in [6.07, 6.45) is 5.54. The van der Waals surface area contributed by atoms with Crippen LogP contribution in [0.15, 0.2) is 60.9 Å². The Labute approximate surface area is 165 Å². The number of aryl methyl sites for hydroxylation is 1. The zero-order valence-electron chi connectivity index (χ0n) is 16.1. The number of aromatic nitrogens is 2. The number of hydrogen-bond acceptors (Lipinski definition) is 3. The topological polar surface area (TPSA) is 58.2 Å². The number of aromatic amines is 1. The summed E-state index contributed by atoms with van der Waals surface area (Å²) in [5.41, 5.74) is 2.99. The molecule has 0 radical (unpaired) electrons. The maximum atomic E-state index is 12.8. The molecule has 5 nitrogen and oxygen atoms in total. The fourth-order valence-electron chi connectivity index (χ4n) is 3.58. The average Bonchev–Trinajstić information content (AvgIpc) is 3.28. The molecule has 5 heteroatoms. The summed E-state index contributed by atoms with van der Waals surface area (Å²) in [5, 5.41) is 0. The smallest absolute Gasteiger partial charge is 0.253 e. The first-order chi connectivity index (χ1) is 13.7. The van der Waals surface area contributed by atoms with Gasteiger partial charge in [0, 0.05) is 37.0 Å². The molecule has 0 bridgehead atoms. The number of imidazole rings is 1. The molecule has 1 saturated heterocycles. The van der Waals surface area contributed by atoms with Gasteiger partial charge >= 0.3 is 0 Å². The van der Waals surface area contributed by atoms with E-state index in [9.17, 15) is 4.79 Å². The Kier molecular flexibility index (Phi) is 5.42. The summed E-state index contributed by atoms with van der Waals surface area (Å²) in [6.45, 7) is 4.08. The SMILES string of the molecule is Cc1ccc(OCc2ccc(C(=O)N3CCC(c4ncc[nH]4)CC3)cc2)cc1. The van der Waals surface area contributed by atoms with Gasteiger partial charge in [-0.2, -0.15) is 0 Å². The summed E-state index contributed by atoms with van der Waals surface area (Å²) in [4.78, 5) is 22.3. The van der Waals surface area contributed by atoms with E-state index in [0.717, 1.165) is 48.6 Å². The van der Waals surface area contributed by atoms with E-state index in [1.807, 2.05) is 59.6 Å². The zero-order valence-corrected chi connectivity index (χ0v) is 16.1. The molecule has 0 saturated carbocycles. The van der Waals surface area contributed by atoms with Gasteiger partial charge in [0.1, 0.15) is 18.2 Å². The number of carbonyl (C=O) groups excluding carboxylic acids is 1. The number of amides is 1. The number of benzene rings is 2. The summed E-state index contributed by atoms with van der Waals surface area (Å²) in [7, 11) is 0. The Morgan fingerprint density at radius 3 is 2.46 bits per heavy atom. The van der Waals surface area contributed by atoms with Crippen LogP contribution in [-0.4, -0.2) is 33.9 Å². The van der Waals surface area contributed by atoms with Crippen LogP contribution in [0.2, 0.25) is 0 Å². The van der Waals surface area contributed by atoms with Crippen molar-refractivity contribution in [3.05, 3.63) is 83.4 Å². The molecule has 28 heavy (non-hydrogen) atoms. The molecule has 0 spiro atoms. The third-order valence-electron chi connectivity index (χ3n) is 5.32. The number of rotatable bonds is 5. The molecule has 4 rings (SSSR count). The minimum Gasteiger partial charge on any atom is -0.489 e. The quantitative estimate of drug-likeness (QED) is 0.723. The lowest BCUT2D eigenvalue weighted by molar-refractivity contribution is 0.0711. The van der Waals surface area contributed by atoms with Gasteiger partial charge in [-0.25, -0.2) is 4.98 Å². The molecule has 2 heterocycles. The predicted molar refractivity (Wildman–Crippen MR) is 108 cm³/mol. The first-order valence-electron chi connectivity index (χ1n) is 9.76. The molecule has 1 aliphatic heterocycles. The van der Waals surface area contributed by atoms with E-state index in [1.165, 1.54) is 5.56 Å². The van der Waals surface area contributed by atoms with Gasteiger partial charge in [0.05, 0.1) is 0 Å². The monoisotopic (exact) mass is 375 g/mol. The van der Waals surface area contributed by atoms with Crippen molar-refractivity contribution < 1.29 is 9.53 Å². The number of ether oxygens (including phenoxy) is 1. The van der Waals surface area contributed by atoms with Gasteiger partial charge in [0.25, 0.3) is 5.91 Å². The van der Waals surface area contributed by atoms with Crippen LogP contribution in [0.4, 0.5) is 0 Å². The first kappa shape index (κ1) is 18.3. The lowest BCUT2D eigenvalue weighted by Crippen LogP contribution is -2.38. The molecule has 1 amide bonds. The predicted octanol–water partition coefficient (Wildman–Crippen LogP) is 4.32. The summed E-state index contributed by atoms with van der Waals surface area (Å²) >= 11 is 0. The second kappa shape index (κ2) is 8.30. The highest BCUT2D eigenvalue weighted by Gasteiger charge is 2.25. The van der Waals surface area contributed by atoms with Crippen molar-refractivity contribution in [1.29, 1.82) is 0 Å².